The van der Waals surface area contributed by atoms with Gasteiger partial charge in [-0.15, -0.1) is 0 Å². The molecular formula is C29H23N5O2. The van der Waals surface area contributed by atoms with Crippen LogP contribution in [0.3, 0.4) is 0 Å². The Labute approximate surface area is 208 Å². The zero-order chi connectivity index (χ0) is 24.7. The molecule has 7 heteroatoms. The zero-order valence-electron chi connectivity index (χ0n) is 19.3. The number of benzene rings is 4. The maximum absolute atomic E-state index is 12.4. The maximum atomic E-state index is 12.4. The number of ether oxygens (including phenoxy) is 1. The average molecular weight is 474 g/mol. The second-order valence-corrected chi connectivity index (χ2v) is 7.98. The van der Waals surface area contributed by atoms with Gasteiger partial charge in [-0.25, -0.2) is 9.97 Å². The lowest BCUT2D eigenvalue weighted by molar-refractivity contribution is 0.102. The van der Waals surface area contributed by atoms with E-state index in [-0.39, 0.29) is 5.91 Å². The number of carbonyl (C=O) groups excluding carboxylic acids is 1. The topological polar surface area (TPSA) is 102 Å². The van der Waals surface area contributed by atoms with E-state index in [4.69, 9.17) is 10.5 Å². The number of carbonyl (C=O) groups is 1. The van der Waals surface area contributed by atoms with Crippen LogP contribution in [-0.4, -0.2) is 15.9 Å². The van der Waals surface area contributed by atoms with Crippen LogP contribution in [0.2, 0.25) is 0 Å². The molecule has 0 aliphatic carbocycles. The molecule has 0 saturated heterocycles. The van der Waals surface area contributed by atoms with Gasteiger partial charge in [0.1, 0.15) is 23.6 Å². The SMILES string of the molecule is Nc1ccc(C(=O)Nc2ccc(Nc3cc(-c4ccccc4Oc4ccccc4)ncn3)cc2)cc1. The minimum Gasteiger partial charge on any atom is -0.457 e. The highest BCUT2D eigenvalue weighted by Crippen LogP contribution is 2.33. The molecule has 7 nitrogen and oxygen atoms in total. The van der Waals surface area contributed by atoms with Gasteiger partial charge in [0.2, 0.25) is 0 Å². The highest BCUT2D eigenvalue weighted by atomic mass is 16.5. The number of nitrogens with one attached hydrogen (secondary N) is 2. The molecule has 4 N–H and O–H groups in total. The number of rotatable bonds is 7. The second-order valence-electron chi connectivity index (χ2n) is 7.98. The van der Waals surface area contributed by atoms with Crippen LogP contribution in [-0.2, 0) is 0 Å². The summed E-state index contributed by atoms with van der Waals surface area (Å²) >= 11 is 0. The molecule has 0 saturated carbocycles. The number of nitrogen functional groups attached to an aromatic ring is 1. The van der Waals surface area contributed by atoms with Crippen molar-refractivity contribution in [3.63, 3.8) is 0 Å². The smallest absolute Gasteiger partial charge is 0.255 e. The summed E-state index contributed by atoms with van der Waals surface area (Å²) in [5.74, 6) is 1.89. The predicted molar refractivity (Wildman–Crippen MR) is 143 cm³/mol. The molecule has 1 aromatic heterocycles. The minimum atomic E-state index is -0.201. The molecule has 0 spiro atoms. The molecule has 1 heterocycles. The summed E-state index contributed by atoms with van der Waals surface area (Å²) in [6.07, 6.45) is 1.51. The van der Waals surface area contributed by atoms with Crippen LogP contribution in [0.1, 0.15) is 10.4 Å². The lowest BCUT2D eigenvalue weighted by Crippen LogP contribution is -2.11. The van der Waals surface area contributed by atoms with Crippen molar-refractivity contribution < 1.29 is 9.53 Å². The summed E-state index contributed by atoms with van der Waals surface area (Å²) in [4.78, 5) is 21.2. The van der Waals surface area contributed by atoms with E-state index < -0.39 is 0 Å². The van der Waals surface area contributed by atoms with Gasteiger partial charge in [0, 0.05) is 34.3 Å². The third kappa shape index (κ3) is 5.48. The lowest BCUT2D eigenvalue weighted by Gasteiger charge is -2.12. The molecule has 176 valence electrons. The molecule has 5 rings (SSSR count). The molecule has 0 unspecified atom stereocenters. The van der Waals surface area contributed by atoms with Gasteiger partial charge in [0.05, 0.1) is 5.69 Å². The average Bonchev–Trinajstić information content (AvgIpc) is 2.91. The number of hydrogen-bond acceptors (Lipinski definition) is 6. The molecule has 0 atom stereocenters. The van der Waals surface area contributed by atoms with Gasteiger partial charge in [0.25, 0.3) is 5.91 Å². The molecule has 0 fully saturated rings. The van der Waals surface area contributed by atoms with Crippen LogP contribution in [0.25, 0.3) is 11.3 Å². The highest BCUT2D eigenvalue weighted by Gasteiger charge is 2.10. The monoisotopic (exact) mass is 473 g/mol. The molecule has 4 aromatic carbocycles. The first kappa shape index (κ1) is 22.6. The fourth-order valence-electron chi connectivity index (χ4n) is 3.58. The first-order valence-electron chi connectivity index (χ1n) is 11.3. The summed E-state index contributed by atoms with van der Waals surface area (Å²) in [5, 5.41) is 6.16. The van der Waals surface area contributed by atoms with Crippen LogP contribution in [0.5, 0.6) is 11.5 Å². The number of nitrogens with zero attached hydrogens (tertiary/aromatic N) is 2. The fraction of sp³-hybridized carbons (Fsp3) is 0. The van der Waals surface area contributed by atoms with Crippen LogP contribution < -0.4 is 21.1 Å². The van der Waals surface area contributed by atoms with Gasteiger partial charge in [0.15, 0.2) is 0 Å². The second kappa shape index (κ2) is 10.4. The first-order chi connectivity index (χ1) is 17.6. The maximum Gasteiger partial charge on any atom is 0.255 e. The van der Waals surface area contributed by atoms with Gasteiger partial charge in [-0.3, -0.25) is 4.79 Å². The van der Waals surface area contributed by atoms with Crippen molar-refractivity contribution in [3.05, 3.63) is 121 Å². The number of nitrogens with two attached hydrogens (primary N) is 1. The van der Waals surface area contributed by atoms with E-state index >= 15 is 0 Å². The number of hydrogen-bond donors (Lipinski definition) is 3. The van der Waals surface area contributed by atoms with Gasteiger partial charge < -0.3 is 21.1 Å². The van der Waals surface area contributed by atoms with E-state index in [1.807, 2.05) is 84.9 Å². The van der Waals surface area contributed by atoms with Gasteiger partial charge >= 0.3 is 0 Å². The predicted octanol–water partition coefficient (Wildman–Crippen LogP) is 6.51. The van der Waals surface area contributed by atoms with Crippen LogP contribution in [0.15, 0.2) is 116 Å². The summed E-state index contributed by atoms with van der Waals surface area (Å²) in [6.45, 7) is 0. The van der Waals surface area contributed by atoms with Crippen molar-refractivity contribution in [2.45, 2.75) is 0 Å². The van der Waals surface area contributed by atoms with Crippen molar-refractivity contribution in [2.75, 3.05) is 16.4 Å². The van der Waals surface area contributed by atoms with Crippen LogP contribution in [0, 0.1) is 0 Å². The third-order valence-electron chi connectivity index (χ3n) is 5.39. The normalized spacial score (nSPS) is 10.4. The number of anilines is 4. The molecule has 0 aliphatic heterocycles. The quantitative estimate of drug-likeness (QED) is 0.233. The van der Waals surface area contributed by atoms with Crippen LogP contribution >= 0.6 is 0 Å². The molecule has 1 amide bonds. The zero-order valence-corrected chi connectivity index (χ0v) is 19.3. The molecular weight excluding hydrogens is 450 g/mol. The lowest BCUT2D eigenvalue weighted by atomic mass is 10.1. The van der Waals surface area contributed by atoms with E-state index in [1.54, 1.807) is 24.3 Å². The molecule has 0 bridgehead atoms. The first-order valence-corrected chi connectivity index (χ1v) is 11.3. The Morgan fingerprint density at radius 2 is 1.44 bits per heavy atom. The number of aromatic nitrogens is 2. The van der Waals surface area contributed by atoms with Crippen molar-refractivity contribution >= 4 is 28.8 Å². The van der Waals surface area contributed by atoms with Crippen molar-refractivity contribution in [2.24, 2.45) is 0 Å². The van der Waals surface area contributed by atoms with Crippen molar-refractivity contribution in [1.82, 2.24) is 9.97 Å². The van der Waals surface area contributed by atoms with Gasteiger partial charge in [-0.2, -0.15) is 0 Å². The van der Waals surface area contributed by atoms with Crippen molar-refractivity contribution in [1.29, 1.82) is 0 Å². The standard InChI is InChI=1S/C29H23N5O2/c30-21-12-10-20(11-13-21)29(35)34-23-16-14-22(15-17-23)33-28-18-26(31-19-32-28)25-8-4-5-9-27(25)36-24-6-2-1-3-7-24/h1-19H,30H2,(H,34,35)(H,31,32,33). The molecule has 0 aliphatic rings. The summed E-state index contributed by atoms with van der Waals surface area (Å²) in [7, 11) is 0. The third-order valence-corrected chi connectivity index (χ3v) is 5.39. The minimum absolute atomic E-state index is 0.201. The Kier molecular flexibility index (Phi) is 6.53. The Bertz CT molecular complexity index is 1470. The highest BCUT2D eigenvalue weighted by molar-refractivity contribution is 6.04. The Morgan fingerprint density at radius 1 is 0.750 bits per heavy atom. The van der Waals surface area contributed by atoms with Crippen molar-refractivity contribution in [3.8, 4) is 22.8 Å². The number of amides is 1. The Morgan fingerprint density at radius 3 is 2.22 bits per heavy atom. The summed E-state index contributed by atoms with van der Waals surface area (Å²) in [5.41, 5.74) is 9.92. The van der Waals surface area contributed by atoms with E-state index in [2.05, 4.69) is 20.6 Å². The molecule has 36 heavy (non-hydrogen) atoms. The van der Waals surface area contributed by atoms with E-state index in [9.17, 15) is 4.79 Å². The summed E-state index contributed by atoms with van der Waals surface area (Å²) < 4.78 is 6.08. The fourth-order valence-corrected chi connectivity index (χ4v) is 3.58. The molecule has 5 aromatic rings. The Balaban J connectivity index is 1.29. The van der Waals surface area contributed by atoms with E-state index in [0.717, 1.165) is 22.7 Å². The number of para-hydroxylation sites is 2. The molecule has 0 radical (unpaired) electrons. The van der Waals surface area contributed by atoms with Gasteiger partial charge in [-0.1, -0.05) is 30.3 Å². The van der Waals surface area contributed by atoms with E-state index in [0.29, 0.717) is 28.5 Å². The van der Waals surface area contributed by atoms with Crippen LogP contribution in [0.4, 0.5) is 22.9 Å². The largest absolute Gasteiger partial charge is 0.457 e. The Hall–Kier alpha value is -5.17. The van der Waals surface area contributed by atoms with E-state index in [1.165, 1.54) is 6.33 Å². The summed E-state index contributed by atoms with van der Waals surface area (Å²) in [6, 6.07) is 33.4. The van der Waals surface area contributed by atoms with Gasteiger partial charge in [-0.05, 0) is 72.8 Å².